The monoisotopic (exact) mass is 617 g/mol. The largest absolute Gasteiger partial charge is 0.494 e. The van der Waals surface area contributed by atoms with Crippen molar-refractivity contribution in [1.29, 1.82) is 0 Å². The smallest absolute Gasteiger partial charge is 0.399 e. The molecule has 4 heteroatoms. The van der Waals surface area contributed by atoms with Crippen LogP contribution in [0.2, 0.25) is 0 Å². The van der Waals surface area contributed by atoms with Gasteiger partial charge in [0.2, 0.25) is 0 Å². The average molecular weight is 618 g/mol. The summed E-state index contributed by atoms with van der Waals surface area (Å²) in [4.78, 5) is 2.44. The summed E-state index contributed by atoms with van der Waals surface area (Å²) in [6.45, 7) is 17.9. The molecule has 0 bridgehead atoms. The molecular weight excluding hydrogens is 573 g/mol. The van der Waals surface area contributed by atoms with Crippen LogP contribution in [0.25, 0.3) is 22.3 Å². The maximum atomic E-state index is 6.45. The van der Waals surface area contributed by atoms with Gasteiger partial charge in [0.15, 0.2) is 0 Å². The van der Waals surface area contributed by atoms with Crippen molar-refractivity contribution < 1.29 is 9.31 Å². The first-order valence-corrected chi connectivity index (χ1v) is 17.0. The van der Waals surface area contributed by atoms with Gasteiger partial charge in [0.05, 0.1) is 11.2 Å². The Morgan fingerprint density at radius 3 is 1.51 bits per heavy atom. The van der Waals surface area contributed by atoms with Crippen molar-refractivity contribution in [2.24, 2.45) is 0 Å². The summed E-state index contributed by atoms with van der Waals surface area (Å²) in [5.74, 6) is 0. The molecule has 0 atom stereocenters. The van der Waals surface area contributed by atoms with Gasteiger partial charge in [0, 0.05) is 27.9 Å². The zero-order chi connectivity index (χ0) is 32.9. The lowest BCUT2D eigenvalue weighted by molar-refractivity contribution is 0.00578. The number of hydrogen-bond acceptors (Lipinski definition) is 3. The molecule has 0 unspecified atom stereocenters. The van der Waals surface area contributed by atoms with Crippen molar-refractivity contribution in [3.05, 3.63) is 143 Å². The molecule has 1 saturated heterocycles. The zero-order valence-electron chi connectivity index (χ0n) is 28.9. The Kier molecular flexibility index (Phi) is 6.56. The summed E-state index contributed by atoms with van der Waals surface area (Å²) in [5, 5.41) is 0. The summed E-state index contributed by atoms with van der Waals surface area (Å²) in [7, 11) is -0.393. The Bertz CT molecular complexity index is 1920. The Hall–Kier alpha value is -4.12. The third-order valence-electron chi connectivity index (χ3n) is 11.6. The van der Waals surface area contributed by atoms with Gasteiger partial charge in [-0.1, -0.05) is 107 Å². The first-order valence-electron chi connectivity index (χ1n) is 17.0. The molecule has 8 rings (SSSR count). The first kappa shape index (κ1) is 30.2. The number of hydrogen-bond donors (Lipinski definition) is 0. The van der Waals surface area contributed by atoms with Crippen molar-refractivity contribution in [2.75, 3.05) is 4.90 Å². The third-order valence-corrected chi connectivity index (χ3v) is 11.6. The lowest BCUT2D eigenvalue weighted by atomic mass is 9.77. The fourth-order valence-corrected chi connectivity index (χ4v) is 8.06. The molecule has 1 aliphatic heterocycles. The summed E-state index contributed by atoms with van der Waals surface area (Å²) in [6, 6.07) is 31.8. The number of benzene rings is 4. The fourth-order valence-electron chi connectivity index (χ4n) is 8.06. The van der Waals surface area contributed by atoms with E-state index in [-0.39, 0.29) is 22.0 Å². The van der Waals surface area contributed by atoms with Crippen LogP contribution in [0, 0.1) is 0 Å². The van der Waals surface area contributed by atoms with Crippen LogP contribution in [-0.2, 0) is 20.1 Å². The molecule has 0 amide bonds. The van der Waals surface area contributed by atoms with Gasteiger partial charge in [-0.3, -0.25) is 0 Å². The molecule has 4 aromatic carbocycles. The lowest BCUT2D eigenvalue weighted by Gasteiger charge is -2.32. The van der Waals surface area contributed by atoms with Gasteiger partial charge in [-0.15, -0.1) is 0 Å². The Morgan fingerprint density at radius 1 is 0.532 bits per heavy atom. The van der Waals surface area contributed by atoms with Gasteiger partial charge in [-0.05, 0) is 114 Å². The SMILES string of the molecule is CC1(C)c2ccccc2-c2ccc(N(C3=CCC=C(B4OC(C)(C)C(C)(C)O4)C=C3)c3ccc4c(c3)C(C)(C)c3ccccc3-4)cc21. The summed E-state index contributed by atoms with van der Waals surface area (Å²) >= 11 is 0. The number of nitrogens with zero attached hydrogens (tertiary/aromatic N) is 1. The van der Waals surface area contributed by atoms with Gasteiger partial charge in [-0.2, -0.15) is 0 Å². The summed E-state index contributed by atoms with van der Waals surface area (Å²) in [5.41, 5.74) is 14.4. The molecule has 0 aromatic heterocycles. The van der Waals surface area contributed by atoms with Crippen LogP contribution in [-0.4, -0.2) is 18.3 Å². The van der Waals surface area contributed by atoms with Gasteiger partial charge < -0.3 is 14.2 Å². The van der Waals surface area contributed by atoms with Crippen molar-refractivity contribution in [2.45, 2.75) is 83.8 Å². The molecular formula is C43H44BNO2. The van der Waals surface area contributed by atoms with Crippen LogP contribution in [0.15, 0.2) is 120 Å². The topological polar surface area (TPSA) is 21.7 Å². The molecule has 47 heavy (non-hydrogen) atoms. The Labute approximate surface area is 280 Å². The van der Waals surface area contributed by atoms with Crippen LogP contribution in [0.1, 0.15) is 84.1 Å². The van der Waals surface area contributed by atoms with E-state index < -0.39 is 7.12 Å². The van der Waals surface area contributed by atoms with Crippen molar-refractivity contribution in [3.63, 3.8) is 0 Å². The van der Waals surface area contributed by atoms with E-state index in [9.17, 15) is 0 Å². The third kappa shape index (κ3) is 4.49. The molecule has 0 radical (unpaired) electrons. The molecule has 1 heterocycles. The minimum atomic E-state index is -0.393. The van der Waals surface area contributed by atoms with Gasteiger partial charge >= 0.3 is 7.12 Å². The molecule has 0 spiro atoms. The molecule has 1 fully saturated rings. The van der Waals surface area contributed by atoms with Crippen molar-refractivity contribution in [1.82, 2.24) is 0 Å². The van der Waals surface area contributed by atoms with E-state index in [0.717, 1.165) is 29.0 Å². The molecule has 0 N–H and O–H groups in total. The van der Waals surface area contributed by atoms with E-state index >= 15 is 0 Å². The second-order valence-electron chi connectivity index (χ2n) is 15.6. The lowest BCUT2D eigenvalue weighted by Crippen LogP contribution is -2.41. The summed E-state index contributed by atoms with van der Waals surface area (Å²) < 4.78 is 12.9. The van der Waals surface area contributed by atoms with E-state index in [1.807, 2.05) is 0 Å². The standard InChI is InChI=1S/C43H44BNO2/c1-40(2)36-18-11-9-16-32(36)34-24-22-30(26-38(34)40)45(29-15-13-14-28(20-21-29)44-46-42(5,6)43(7,8)47-44)31-23-25-35-33-17-10-12-19-37(33)41(3,4)39(35)27-31/h9-12,14-27H,13H2,1-8H3. The number of rotatable bonds is 4. The molecule has 236 valence electrons. The van der Waals surface area contributed by atoms with Crippen LogP contribution >= 0.6 is 0 Å². The number of allylic oxidation sites excluding steroid dienone is 5. The molecule has 3 nitrogen and oxygen atoms in total. The normalized spacial score (nSPS) is 20.5. The van der Waals surface area contributed by atoms with E-state index in [0.29, 0.717) is 0 Å². The predicted octanol–water partition coefficient (Wildman–Crippen LogP) is 10.8. The van der Waals surface area contributed by atoms with Crippen LogP contribution in [0.3, 0.4) is 0 Å². The second-order valence-corrected chi connectivity index (χ2v) is 15.6. The average Bonchev–Trinajstić information content (AvgIpc) is 3.38. The van der Waals surface area contributed by atoms with Crippen molar-refractivity contribution in [3.8, 4) is 22.3 Å². The van der Waals surface area contributed by atoms with Gasteiger partial charge in [-0.25, -0.2) is 0 Å². The molecule has 4 aliphatic rings. The molecule has 3 aliphatic carbocycles. The highest BCUT2D eigenvalue weighted by Crippen LogP contribution is 2.52. The highest BCUT2D eigenvalue weighted by molar-refractivity contribution is 6.55. The van der Waals surface area contributed by atoms with Crippen LogP contribution < -0.4 is 4.90 Å². The molecule has 4 aromatic rings. The molecule has 0 saturated carbocycles. The Morgan fingerprint density at radius 2 is 1.00 bits per heavy atom. The summed E-state index contributed by atoms with van der Waals surface area (Å²) in [6.07, 6.45) is 9.78. The first-order chi connectivity index (χ1) is 22.3. The predicted molar refractivity (Wildman–Crippen MR) is 196 cm³/mol. The van der Waals surface area contributed by atoms with E-state index in [1.165, 1.54) is 44.5 Å². The maximum Gasteiger partial charge on any atom is 0.494 e. The minimum absolute atomic E-state index is 0.0890. The van der Waals surface area contributed by atoms with Crippen LogP contribution in [0.4, 0.5) is 11.4 Å². The Balaban J connectivity index is 1.24. The van der Waals surface area contributed by atoms with E-state index in [4.69, 9.17) is 9.31 Å². The van der Waals surface area contributed by atoms with Crippen molar-refractivity contribution >= 4 is 18.5 Å². The number of anilines is 2. The second kappa shape index (κ2) is 10.2. The van der Waals surface area contributed by atoms with Crippen LogP contribution in [0.5, 0.6) is 0 Å². The van der Waals surface area contributed by atoms with E-state index in [2.05, 4.69) is 170 Å². The quantitative estimate of drug-likeness (QED) is 0.213. The van der Waals surface area contributed by atoms with Gasteiger partial charge in [0.25, 0.3) is 0 Å². The van der Waals surface area contributed by atoms with Gasteiger partial charge in [0.1, 0.15) is 0 Å². The number of fused-ring (bicyclic) bond motifs is 6. The maximum absolute atomic E-state index is 6.45. The van der Waals surface area contributed by atoms with E-state index in [1.54, 1.807) is 0 Å². The highest BCUT2D eigenvalue weighted by atomic mass is 16.7. The minimum Gasteiger partial charge on any atom is -0.399 e. The highest BCUT2D eigenvalue weighted by Gasteiger charge is 2.52. The fraction of sp³-hybridized carbons (Fsp3) is 0.302. The zero-order valence-corrected chi connectivity index (χ0v) is 28.9.